The van der Waals surface area contributed by atoms with Gasteiger partial charge < -0.3 is 14.7 Å². The van der Waals surface area contributed by atoms with Gasteiger partial charge in [-0.05, 0) is 55.5 Å². The maximum Gasteiger partial charge on any atom is 0.336 e. The van der Waals surface area contributed by atoms with Gasteiger partial charge >= 0.3 is 5.63 Å². The first kappa shape index (κ1) is 18.7. The van der Waals surface area contributed by atoms with Crippen LogP contribution in [-0.2, 0) is 17.1 Å². The fourth-order valence-electron chi connectivity index (χ4n) is 3.23. The maximum absolute atomic E-state index is 12.0. The molecule has 0 spiro atoms. The number of hydrogen-bond donors (Lipinski definition) is 1. The van der Waals surface area contributed by atoms with Crippen LogP contribution in [0.3, 0.4) is 0 Å². The summed E-state index contributed by atoms with van der Waals surface area (Å²) in [5.41, 5.74) is 8.69. The van der Waals surface area contributed by atoms with E-state index in [0.717, 1.165) is 45.9 Å². The van der Waals surface area contributed by atoms with Crippen LogP contribution in [0.4, 0.5) is 0 Å². The number of thioether (sulfide) groups is 1. The zero-order chi connectivity index (χ0) is 19.8. The maximum atomic E-state index is 12.0. The fourth-order valence-corrected chi connectivity index (χ4v) is 4.19. The molecule has 1 amide bonds. The van der Waals surface area contributed by atoms with Crippen LogP contribution in [0.1, 0.15) is 47.7 Å². The zero-order valence-corrected chi connectivity index (χ0v) is 16.7. The molecule has 0 saturated heterocycles. The van der Waals surface area contributed by atoms with E-state index in [2.05, 4.69) is 16.3 Å². The zero-order valence-electron chi connectivity index (χ0n) is 15.9. The number of nitrogens with two attached hydrogens (primary N) is 1. The molecule has 1 fully saturated rings. The van der Waals surface area contributed by atoms with Gasteiger partial charge in [0.05, 0.1) is 0 Å². The second-order valence-electron chi connectivity index (χ2n) is 7.29. The smallest absolute Gasteiger partial charge is 0.336 e. The van der Waals surface area contributed by atoms with Gasteiger partial charge in [0.25, 0.3) is 0 Å². The third-order valence-electron chi connectivity index (χ3n) is 5.07. The van der Waals surface area contributed by atoms with Crippen LogP contribution in [0.2, 0.25) is 0 Å². The minimum atomic E-state index is -0.361. The van der Waals surface area contributed by atoms with Crippen molar-refractivity contribution >= 4 is 28.6 Å². The summed E-state index contributed by atoms with van der Waals surface area (Å²) in [6, 6.07) is 5.49. The molecular weight excluding hydrogens is 376 g/mol. The molecule has 146 valence electrons. The molecule has 7 nitrogen and oxygen atoms in total. The SMILES string of the molecule is Cc1cc2oc(=O)cc(CSc3nnc(C4CC4)n3CCC(N)=O)c2cc1C. The number of amides is 1. The molecule has 4 rings (SSSR count). The van der Waals surface area contributed by atoms with Gasteiger partial charge in [0.15, 0.2) is 5.16 Å². The second kappa shape index (κ2) is 7.43. The summed E-state index contributed by atoms with van der Waals surface area (Å²) in [5.74, 6) is 1.56. The number of carbonyl (C=O) groups excluding carboxylic acids is 1. The number of benzene rings is 1. The van der Waals surface area contributed by atoms with E-state index in [1.807, 2.05) is 24.5 Å². The Morgan fingerprint density at radius 2 is 2.00 bits per heavy atom. The van der Waals surface area contributed by atoms with Crippen LogP contribution >= 0.6 is 11.8 Å². The number of nitrogens with zero attached hydrogens (tertiary/aromatic N) is 3. The predicted molar refractivity (Wildman–Crippen MR) is 107 cm³/mol. The van der Waals surface area contributed by atoms with E-state index >= 15 is 0 Å². The Balaban J connectivity index is 1.64. The number of primary amides is 1. The standard InChI is InChI=1S/C20H22N4O3S/c1-11-7-15-14(9-18(26)27-16(15)8-12(11)2)10-28-20-23-22-19(13-3-4-13)24(20)6-5-17(21)25/h7-9,13H,3-6,10H2,1-2H3,(H2,21,25). The van der Waals surface area contributed by atoms with Crippen LogP contribution in [0, 0.1) is 13.8 Å². The molecule has 3 aromatic rings. The van der Waals surface area contributed by atoms with Gasteiger partial charge in [-0.3, -0.25) is 4.79 Å². The molecule has 8 heteroatoms. The lowest BCUT2D eigenvalue weighted by atomic mass is 10.0. The second-order valence-corrected chi connectivity index (χ2v) is 8.24. The highest BCUT2D eigenvalue weighted by molar-refractivity contribution is 7.98. The molecule has 0 bridgehead atoms. The van der Waals surface area contributed by atoms with Crippen molar-refractivity contribution < 1.29 is 9.21 Å². The van der Waals surface area contributed by atoms with E-state index in [1.165, 1.54) is 17.8 Å². The van der Waals surface area contributed by atoms with E-state index in [4.69, 9.17) is 10.2 Å². The Labute approximate surface area is 166 Å². The fraction of sp³-hybridized carbons (Fsp3) is 0.400. The monoisotopic (exact) mass is 398 g/mol. The van der Waals surface area contributed by atoms with Gasteiger partial charge in [0.1, 0.15) is 11.4 Å². The molecule has 1 aromatic carbocycles. The average Bonchev–Trinajstić information content (AvgIpc) is 3.40. The summed E-state index contributed by atoms with van der Waals surface area (Å²) in [5, 5.41) is 10.3. The normalized spacial score (nSPS) is 13.9. The minimum Gasteiger partial charge on any atom is -0.423 e. The van der Waals surface area contributed by atoms with Crippen molar-refractivity contribution in [2.75, 3.05) is 0 Å². The molecule has 0 radical (unpaired) electrons. The quantitative estimate of drug-likeness (QED) is 0.484. The summed E-state index contributed by atoms with van der Waals surface area (Å²) in [6.07, 6.45) is 2.45. The number of carbonyl (C=O) groups is 1. The Morgan fingerprint density at radius 3 is 2.71 bits per heavy atom. The highest BCUT2D eigenvalue weighted by Crippen LogP contribution is 2.40. The summed E-state index contributed by atoms with van der Waals surface area (Å²) in [6.45, 7) is 4.52. The molecule has 28 heavy (non-hydrogen) atoms. The topological polar surface area (TPSA) is 104 Å². The Hall–Kier alpha value is -2.61. The number of hydrogen-bond acceptors (Lipinski definition) is 6. The van der Waals surface area contributed by atoms with Gasteiger partial charge in [-0.1, -0.05) is 11.8 Å². The van der Waals surface area contributed by atoms with E-state index in [-0.39, 0.29) is 18.0 Å². The van der Waals surface area contributed by atoms with Gasteiger partial charge in [-0.25, -0.2) is 4.79 Å². The number of aromatic nitrogens is 3. The third kappa shape index (κ3) is 3.82. The van der Waals surface area contributed by atoms with Crippen molar-refractivity contribution in [3.05, 3.63) is 51.1 Å². The number of rotatable bonds is 7. The Morgan fingerprint density at radius 1 is 1.25 bits per heavy atom. The van der Waals surface area contributed by atoms with E-state index in [1.54, 1.807) is 0 Å². The van der Waals surface area contributed by atoms with E-state index in [9.17, 15) is 9.59 Å². The molecule has 2 heterocycles. The molecule has 2 aromatic heterocycles. The van der Waals surface area contributed by atoms with E-state index < -0.39 is 0 Å². The van der Waals surface area contributed by atoms with Crippen LogP contribution in [0.25, 0.3) is 11.0 Å². The summed E-state index contributed by atoms with van der Waals surface area (Å²) in [7, 11) is 0. The first-order valence-electron chi connectivity index (χ1n) is 9.30. The summed E-state index contributed by atoms with van der Waals surface area (Å²) >= 11 is 1.51. The van der Waals surface area contributed by atoms with Crippen LogP contribution in [0.5, 0.6) is 0 Å². The third-order valence-corrected chi connectivity index (χ3v) is 6.09. The average molecular weight is 398 g/mol. The largest absolute Gasteiger partial charge is 0.423 e. The van der Waals surface area contributed by atoms with Crippen LogP contribution in [0.15, 0.2) is 32.6 Å². The molecule has 0 aliphatic heterocycles. The molecular formula is C20H22N4O3S. The molecule has 2 N–H and O–H groups in total. The van der Waals surface area contributed by atoms with Gasteiger partial charge in [0, 0.05) is 36.1 Å². The number of aryl methyl sites for hydroxylation is 2. The summed E-state index contributed by atoms with van der Waals surface area (Å²) < 4.78 is 7.37. The Bertz CT molecular complexity index is 1110. The predicted octanol–water partition coefficient (Wildman–Crippen LogP) is 3.05. The highest BCUT2D eigenvalue weighted by Gasteiger charge is 2.30. The van der Waals surface area contributed by atoms with Crippen molar-refractivity contribution in [3.63, 3.8) is 0 Å². The van der Waals surface area contributed by atoms with Crippen LogP contribution in [-0.4, -0.2) is 20.7 Å². The van der Waals surface area contributed by atoms with Crippen molar-refractivity contribution in [1.82, 2.24) is 14.8 Å². The Kier molecular flexibility index (Phi) is 4.97. The lowest BCUT2D eigenvalue weighted by molar-refractivity contribution is -0.118. The van der Waals surface area contributed by atoms with Crippen molar-refractivity contribution in [2.45, 2.75) is 56.5 Å². The van der Waals surface area contributed by atoms with Crippen molar-refractivity contribution in [2.24, 2.45) is 5.73 Å². The highest BCUT2D eigenvalue weighted by atomic mass is 32.2. The molecule has 1 saturated carbocycles. The van der Waals surface area contributed by atoms with Crippen molar-refractivity contribution in [1.29, 1.82) is 0 Å². The summed E-state index contributed by atoms with van der Waals surface area (Å²) in [4.78, 5) is 23.2. The molecule has 1 aliphatic rings. The van der Waals surface area contributed by atoms with E-state index in [0.29, 0.717) is 23.8 Å². The first-order chi connectivity index (χ1) is 13.4. The minimum absolute atomic E-state index is 0.252. The lowest BCUT2D eigenvalue weighted by Crippen LogP contribution is -2.15. The molecule has 1 aliphatic carbocycles. The molecule has 0 atom stereocenters. The number of fused-ring (bicyclic) bond motifs is 1. The van der Waals surface area contributed by atoms with Gasteiger partial charge in [-0.15, -0.1) is 10.2 Å². The first-order valence-corrected chi connectivity index (χ1v) is 10.3. The van der Waals surface area contributed by atoms with Crippen LogP contribution < -0.4 is 11.4 Å². The van der Waals surface area contributed by atoms with Gasteiger partial charge in [0.2, 0.25) is 5.91 Å². The molecule has 0 unspecified atom stereocenters. The van der Waals surface area contributed by atoms with Gasteiger partial charge in [-0.2, -0.15) is 0 Å². The lowest BCUT2D eigenvalue weighted by Gasteiger charge is -2.10. The van der Waals surface area contributed by atoms with Crippen molar-refractivity contribution in [3.8, 4) is 0 Å².